The van der Waals surface area contributed by atoms with Crippen LogP contribution in [0.25, 0.3) is 21.0 Å². The molecule has 5 nitrogen and oxygen atoms in total. The molecule has 0 aliphatic carbocycles. The van der Waals surface area contributed by atoms with Crippen molar-refractivity contribution in [3.05, 3.63) is 52.7 Å². The molecule has 0 aliphatic rings. The van der Waals surface area contributed by atoms with Gasteiger partial charge < -0.3 is 9.32 Å². The van der Waals surface area contributed by atoms with Gasteiger partial charge in [0.25, 0.3) is 11.8 Å². The van der Waals surface area contributed by atoms with Gasteiger partial charge >= 0.3 is 0 Å². The number of para-hydroxylation sites is 1. The van der Waals surface area contributed by atoms with Crippen LogP contribution in [0.4, 0.5) is 0 Å². The Kier molecular flexibility index (Phi) is 4.13. The minimum Gasteiger partial charge on any atom is -0.414 e. The molecule has 0 bridgehead atoms. The van der Waals surface area contributed by atoms with Crippen LogP contribution in [0.15, 0.2) is 46.2 Å². The second kappa shape index (κ2) is 6.43. The van der Waals surface area contributed by atoms with Gasteiger partial charge in [-0.1, -0.05) is 18.2 Å². The molecule has 1 unspecified atom stereocenters. The number of thiophene rings is 1. The average molecular weight is 357 g/mol. The fourth-order valence-electron chi connectivity index (χ4n) is 2.51. The Morgan fingerprint density at radius 1 is 1.17 bits per heavy atom. The average Bonchev–Trinajstić information content (AvgIpc) is 3.32. The van der Waals surface area contributed by atoms with Gasteiger partial charge in [-0.15, -0.1) is 32.9 Å². The maximum absolute atomic E-state index is 5.86. The predicted molar refractivity (Wildman–Crippen MR) is 96.2 cm³/mol. The zero-order valence-corrected chi connectivity index (χ0v) is 15.0. The molecule has 0 fully saturated rings. The van der Waals surface area contributed by atoms with E-state index in [-0.39, 0.29) is 6.04 Å². The van der Waals surface area contributed by atoms with Crippen LogP contribution in [-0.2, 0) is 6.54 Å². The lowest BCUT2D eigenvalue weighted by Gasteiger charge is -2.17. The van der Waals surface area contributed by atoms with Crippen molar-refractivity contribution < 1.29 is 9.32 Å². The minimum atomic E-state index is 0.109. The number of nitrogens with one attached hydrogen (secondary N) is 1. The van der Waals surface area contributed by atoms with Crippen molar-refractivity contribution in [2.45, 2.75) is 19.5 Å². The maximum Gasteiger partial charge on any atom is 0.274 e. The lowest BCUT2D eigenvalue weighted by Crippen LogP contribution is -3.07. The SMILES string of the molecule is C[C@H](c1nnc(-c2cccs2)o1)[NH+](C)Cc1nc2ccccc2s1. The first kappa shape index (κ1) is 15.4. The lowest BCUT2D eigenvalue weighted by atomic mass is 10.3. The number of thiazole rings is 1. The van der Waals surface area contributed by atoms with Crippen molar-refractivity contribution in [2.75, 3.05) is 7.05 Å². The van der Waals surface area contributed by atoms with Gasteiger partial charge in [-0.05, 0) is 30.5 Å². The molecule has 0 spiro atoms. The monoisotopic (exact) mass is 357 g/mol. The molecule has 0 aliphatic heterocycles. The summed E-state index contributed by atoms with van der Waals surface area (Å²) in [6.45, 7) is 2.94. The zero-order valence-electron chi connectivity index (χ0n) is 13.4. The van der Waals surface area contributed by atoms with Gasteiger partial charge in [0.1, 0.15) is 11.6 Å². The molecule has 1 N–H and O–H groups in total. The topological polar surface area (TPSA) is 56.2 Å². The third kappa shape index (κ3) is 2.98. The van der Waals surface area contributed by atoms with Crippen LogP contribution in [0.3, 0.4) is 0 Å². The van der Waals surface area contributed by atoms with Crippen molar-refractivity contribution in [2.24, 2.45) is 0 Å². The summed E-state index contributed by atoms with van der Waals surface area (Å²) < 4.78 is 7.09. The van der Waals surface area contributed by atoms with Gasteiger partial charge in [-0.2, -0.15) is 0 Å². The molecule has 3 heterocycles. The molecule has 24 heavy (non-hydrogen) atoms. The number of fused-ring (bicyclic) bond motifs is 1. The standard InChI is InChI=1S/C17H16N4OS2/c1-11(16-19-20-17(22-16)14-8-5-9-23-14)21(2)10-15-18-12-6-3-4-7-13(12)24-15/h3-9,11H,10H2,1-2H3/p+1/t11-/m1/s1. The third-order valence-electron chi connectivity index (χ3n) is 4.05. The lowest BCUT2D eigenvalue weighted by molar-refractivity contribution is -0.925. The quantitative estimate of drug-likeness (QED) is 0.596. The Morgan fingerprint density at radius 2 is 2.04 bits per heavy atom. The van der Waals surface area contributed by atoms with Crippen LogP contribution < -0.4 is 4.90 Å². The van der Waals surface area contributed by atoms with Gasteiger partial charge in [0.05, 0.1) is 22.1 Å². The summed E-state index contributed by atoms with van der Waals surface area (Å²) in [6, 6.07) is 12.3. The summed E-state index contributed by atoms with van der Waals surface area (Å²) in [5, 5.41) is 11.5. The van der Waals surface area contributed by atoms with Crippen LogP contribution in [0.1, 0.15) is 23.9 Å². The Balaban J connectivity index is 1.50. The van der Waals surface area contributed by atoms with E-state index in [1.807, 2.05) is 29.6 Å². The molecule has 0 saturated heterocycles. The Bertz CT molecular complexity index is 911. The highest BCUT2D eigenvalue weighted by molar-refractivity contribution is 7.18. The summed E-state index contributed by atoms with van der Waals surface area (Å²) in [5.41, 5.74) is 1.07. The van der Waals surface area contributed by atoms with Gasteiger partial charge in [0.2, 0.25) is 0 Å². The molecule has 4 rings (SSSR count). The van der Waals surface area contributed by atoms with E-state index in [4.69, 9.17) is 9.40 Å². The van der Waals surface area contributed by atoms with Crippen LogP contribution in [-0.4, -0.2) is 22.2 Å². The number of aromatic nitrogens is 3. The van der Waals surface area contributed by atoms with Crippen molar-refractivity contribution in [1.82, 2.24) is 15.2 Å². The molecular weight excluding hydrogens is 340 g/mol. The first-order valence-electron chi connectivity index (χ1n) is 7.75. The molecule has 1 aromatic carbocycles. The van der Waals surface area contributed by atoms with Gasteiger partial charge in [-0.3, -0.25) is 0 Å². The van der Waals surface area contributed by atoms with E-state index >= 15 is 0 Å². The largest absolute Gasteiger partial charge is 0.414 e. The number of rotatable bonds is 5. The highest BCUT2D eigenvalue weighted by atomic mass is 32.1. The molecule has 0 amide bonds. The maximum atomic E-state index is 5.86. The highest BCUT2D eigenvalue weighted by Crippen LogP contribution is 2.24. The number of quaternary nitrogens is 1. The normalized spacial score (nSPS) is 14.1. The van der Waals surface area contributed by atoms with Crippen molar-refractivity contribution >= 4 is 32.9 Å². The zero-order chi connectivity index (χ0) is 16.5. The van der Waals surface area contributed by atoms with E-state index in [0.717, 1.165) is 21.9 Å². The molecule has 3 aromatic heterocycles. The van der Waals surface area contributed by atoms with Crippen LogP contribution >= 0.6 is 22.7 Å². The fraction of sp³-hybridized carbons (Fsp3) is 0.235. The Morgan fingerprint density at radius 3 is 2.83 bits per heavy atom. The first-order valence-corrected chi connectivity index (χ1v) is 9.44. The van der Waals surface area contributed by atoms with Crippen LogP contribution in [0.2, 0.25) is 0 Å². The van der Waals surface area contributed by atoms with E-state index in [0.29, 0.717) is 11.8 Å². The molecule has 0 saturated carbocycles. The summed E-state index contributed by atoms with van der Waals surface area (Å²) in [6.07, 6.45) is 0. The molecular formula is C17H17N4OS2+. The first-order chi connectivity index (χ1) is 11.7. The predicted octanol–water partition coefficient (Wildman–Crippen LogP) is 3.18. The summed E-state index contributed by atoms with van der Waals surface area (Å²) in [7, 11) is 2.13. The van der Waals surface area contributed by atoms with Gasteiger partial charge in [0.15, 0.2) is 6.04 Å². The van der Waals surface area contributed by atoms with Crippen molar-refractivity contribution in [1.29, 1.82) is 0 Å². The van der Waals surface area contributed by atoms with E-state index in [1.54, 1.807) is 22.7 Å². The Labute approximate surface area is 147 Å². The third-order valence-corrected chi connectivity index (χ3v) is 5.94. The van der Waals surface area contributed by atoms with Crippen LogP contribution in [0, 0.1) is 0 Å². The van der Waals surface area contributed by atoms with Crippen LogP contribution in [0.5, 0.6) is 0 Å². The summed E-state index contributed by atoms with van der Waals surface area (Å²) in [5.74, 6) is 1.26. The van der Waals surface area contributed by atoms with E-state index in [9.17, 15) is 0 Å². The van der Waals surface area contributed by atoms with Crippen molar-refractivity contribution in [3.8, 4) is 10.8 Å². The summed E-state index contributed by atoms with van der Waals surface area (Å²) in [4.78, 5) is 6.99. The Hall–Kier alpha value is -2.09. The van der Waals surface area contributed by atoms with E-state index in [2.05, 4.69) is 36.3 Å². The van der Waals surface area contributed by atoms with E-state index in [1.165, 1.54) is 9.60 Å². The molecule has 122 valence electrons. The fourth-order valence-corrected chi connectivity index (χ4v) is 4.21. The number of hydrogen-bond acceptors (Lipinski definition) is 6. The molecule has 4 aromatic rings. The van der Waals surface area contributed by atoms with Crippen molar-refractivity contribution in [3.63, 3.8) is 0 Å². The van der Waals surface area contributed by atoms with Gasteiger partial charge in [-0.25, -0.2) is 4.98 Å². The highest BCUT2D eigenvalue weighted by Gasteiger charge is 2.23. The second-order valence-electron chi connectivity index (χ2n) is 5.74. The summed E-state index contributed by atoms with van der Waals surface area (Å²) >= 11 is 3.35. The number of nitrogens with zero attached hydrogens (tertiary/aromatic N) is 3. The number of benzene rings is 1. The van der Waals surface area contributed by atoms with E-state index < -0.39 is 0 Å². The molecule has 0 radical (unpaired) electrons. The second-order valence-corrected chi connectivity index (χ2v) is 7.81. The minimum absolute atomic E-state index is 0.109. The molecule has 2 atom stereocenters. The smallest absolute Gasteiger partial charge is 0.274 e. The number of hydrogen-bond donors (Lipinski definition) is 1. The molecule has 7 heteroatoms. The van der Waals surface area contributed by atoms with Gasteiger partial charge in [0, 0.05) is 0 Å².